The van der Waals surface area contributed by atoms with Crippen LogP contribution < -0.4 is 4.74 Å². The lowest BCUT2D eigenvalue weighted by molar-refractivity contribution is -0.222. The molecule has 0 aromatic heterocycles. The van der Waals surface area contributed by atoms with Gasteiger partial charge in [-0.25, -0.2) is 8.42 Å². The summed E-state index contributed by atoms with van der Waals surface area (Å²) in [5.41, 5.74) is 1.91. The number of piperidine rings is 1. The normalized spacial score (nSPS) is 32.1. The van der Waals surface area contributed by atoms with E-state index < -0.39 is 27.1 Å². The number of hydrogen-bond donors (Lipinski definition) is 0. The van der Waals surface area contributed by atoms with Gasteiger partial charge in [0.15, 0.2) is 0 Å². The molecule has 5 aliphatic rings. The van der Waals surface area contributed by atoms with Crippen LogP contribution in [0.5, 0.6) is 5.75 Å². The highest BCUT2D eigenvalue weighted by atomic mass is 32.2. The van der Waals surface area contributed by atoms with Crippen LogP contribution >= 0.6 is 0 Å². The van der Waals surface area contributed by atoms with Crippen molar-refractivity contribution in [2.24, 2.45) is 11.8 Å². The number of carbonyl (C=O) groups is 1. The van der Waals surface area contributed by atoms with Crippen molar-refractivity contribution in [3.8, 4) is 5.75 Å². The molecule has 3 fully saturated rings. The molecule has 220 valence electrons. The van der Waals surface area contributed by atoms with Gasteiger partial charge in [0.25, 0.3) is 0 Å². The maximum absolute atomic E-state index is 14.2. The summed E-state index contributed by atoms with van der Waals surface area (Å²) in [6, 6.07) is 15.5. The number of ether oxygens (including phenoxy) is 2. The Labute approximate surface area is 244 Å². The first-order chi connectivity index (χ1) is 19.6. The van der Waals surface area contributed by atoms with Crippen molar-refractivity contribution in [3.63, 3.8) is 0 Å². The summed E-state index contributed by atoms with van der Waals surface area (Å²) in [7, 11) is -3.66. The summed E-state index contributed by atoms with van der Waals surface area (Å²) in [6.45, 7) is 8.05. The van der Waals surface area contributed by atoms with Crippen molar-refractivity contribution < 1.29 is 22.7 Å². The van der Waals surface area contributed by atoms with Gasteiger partial charge in [-0.2, -0.15) is 4.31 Å². The summed E-state index contributed by atoms with van der Waals surface area (Å²) in [5, 5.41) is 0. The molecule has 5 atom stereocenters. The monoisotopic (exact) mass is 578 g/mol. The zero-order chi connectivity index (χ0) is 28.6. The van der Waals surface area contributed by atoms with E-state index in [-0.39, 0.29) is 29.7 Å². The Morgan fingerprint density at radius 1 is 1.10 bits per heavy atom. The number of benzene rings is 2. The Kier molecular flexibility index (Phi) is 6.56. The van der Waals surface area contributed by atoms with Crippen LogP contribution in [0.15, 0.2) is 48.5 Å². The molecule has 8 heteroatoms. The van der Waals surface area contributed by atoms with E-state index in [1.807, 2.05) is 36.4 Å². The molecule has 2 bridgehead atoms. The van der Waals surface area contributed by atoms with E-state index in [1.54, 1.807) is 4.31 Å². The summed E-state index contributed by atoms with van der Waals surface area (Å²) in [5.74, 6) is 1.42. The predicted molar refractivity (Wildman–Crippen MR) is 157 cm³/mol. The van der Waals surface area contributed by atoms with Crippen LogP contribution in [-0.2, 0) is 37.1 Å². The molecule has 2 aromatic carbocycles. The van der Waals surface area contributed by atoms with Crippen molar-refractivity contribution in [1.29, 1.82) is 0 Å². The first-order valence-electron chi connectivity index (χ1n) is 15.4. The fourth-order valence-electron chi connectivity index (χ4n) is 8.84. The van der Waals surface area contributed by atoms with Gasteiger partial charge in [0, 0.05) is 25.6 Å². The van der Waals surface area contributed by atoms with Crippen LogP contribution in [0.1, 0.15) is 69.6 Å². The fourth-order valence-corrected chi connectivity index (χ4v) is 10.8. The van der Waals surface area contributed by atoms with Gasteiger partial charge >= 0.3 is 5.97 Å². The van der Waals surface area contributed by atoms with Crippen molar-refractivity contribution in [3.05, 3.63) is 65.2 Å². The van der Waals surface area contributed by atoms with Gasteiger partial charge in [-0.3, -0.25) is 9.69 Å². The van der Waals surface area contributed by atoms with Crippen LogP contribution in [-0.4, -0.2) is 67.0 Å². The molecule has 0 N–H and O–H groups in total. The second kappa shape index (κ2) is 9.81. The molecular weight excluding hydrogens is 536 g/mol. The number of carbonyl (C=O) groups excluding carboxylic acids is 1. The molecule has 0 radical (unpaired) electrons. The van der Waals surface area contributed by atoms with Gasteiger partial charge in [-0.15, -0.1) is 0 Å². The first-order valence-corrected chi connectivity index (χ1v) is 17.0. The molecule has 1 spiro atoms. The Morgan fingerprint density at radius 2 is 1.88 bits per heavy atom. The van der Waals surface area contributed by atoms with Gasteiger partial charge in [0.2, 0.25) is 10.0 Å². The molecule has 2 aromatic rings. The van der Waals surface area contributed by atoms with Crippen LogP contribution in [0.25, 0.3) is 0 Å². The number of hydrogen-bond acceptors (Lipinski definition) is 6. The van der Waals surface area contributed by atoms with Crippen LogP contribution in [0.2, 0.25) is 0 Å². The van der Waals surface area contributed by atoms with Crippen molar-refractivity contribution in [1.82, 2.24) is 9.21 Å². The zero-order valence-corrected chi connectivity index (χ0v) is 25.2. The second-order valence-electron chi connectivity index (χ2n) is 13.5. The van der Waals surface area contributed by atoms with Crippen molar-refractivity contribution in [2.75, 3.05) is 19.6 Å². The molecule has 41 heavy (non-hydrogen) atoms. The molecule has 2 unspecified atom stereocenters. The highest BCUT2D eigenvalue weighted by Gasteiger charge is 2.75. The van der Waals surface area contributed by atoms with Gasteiger partial charge < -0.3 is 9.47 Å². The van der Waals surface area contributed by atoms with Gasteiger partial charge in [0.1, 0.15) is 17.5 Å². The van der Waals surface area contributed by atoms with E-state index in [0.717, 1.165) is 43.2 Å². The van der Waals surface area contributed by atoms with Gasteiger partial charge in [0.05, 0.1) is 23.3 Å². The second-order valence-corrected chi connectivity index (χ2v) is 15.4. The average molecular weight is 579 g/mol. The third-order valence-electron chi connectivity index (χ3n) is 10.4. The summed E-state index contributed by atoms with van der Waals surface area (Å²) in [6.07, 6.45) is 4.97. The molecule has 1 saturated heterocycles. The maximum atomic E-state index is 14.2. The van der Waals surface area contributed by atoms with Crippen molar-refractivity contribution >= 4 is 16.0 Å². The lowest BCUT2D eigenvalue weighted by Crippen LogP contribution is -2.79. The highest BCUT2D eigenvalue weighted by Crippen LogP contribution is 2.66. The maximum Gasteiger partial charge on any atom is 0.303 e. The minimum absolute atomic E-state index is 0.0398. The molecule has 0 amide bonds. The van der Waals surface area contributed by atoms with E-state index in [9.17, 15) is 13.2 Å². The van der Waals surface area contributed by atoms with Crippen LogP contribution in [0.3, 0.4) is 0 Å². The largest absolute Gasteiger partial charge is 0.487 e. The predicted octanol–water partition coefficient (Wildman–Crippen LogP) is 4.68. The average Bonchev–Trinajstić information content (AvgIpc) is 3.66. The van der Waals surface area contributed by atoms with E-state index in [4.69, 9.17) is 9.47 Å². The number of likely N-dealkylation sites (tertiary alicyclic amines) is 1. The third-order valence-corrected chi connectivity index (χ3v) is 12.2. The number of nitrogens with zero attached hydrogens (tertiary/aromatic N) is 2. The molecule has 3 aliphatic carbocycles. The molecule has 2 aliphatic heterocycles. The fraction of sp³-hybridized carbons (Fsp3) is 0.606. The van der Waals surface area contributed by atoms with Crippen molar-refractivity contribution in [2.45, 2.75) is 94.3 Å². The van der Waals surface area contributed by atoms with Gasteiger partial charge in [-0.05, 0) is 74.1 Å². The molecular formula is C33H42N2O5S. The lowest BCUT2D eigenvalue weighted by Gasteiger charge is -2.65. The molecule has 2 heterocycles. The highest BCUT2D eigenvalue weighted by molar-refractivity contribution is 7.88. The Balaban J connectivity index is 1.35. The van der Waals surface area contributed by atoms with E-state index in [0.29, 0.717) is 19.4 Å². The Bertz CT molecular complexity index is 1440. The number of sulfonamides is 1. The topological polar surface area (TPSA) is 76.1 Å². The third kappa shape index (κ3) is 4.27. The van der Waals surface area contributed by atoms with E-state index in [1.165, 1.54) is 30.9 Å². The number of rotatable bonds is 9. The minimum Gasteiger partial charge on any atom is -0.487 e. The SMILES string of the molecule is CC(=O)O[C@@]12CCC(N(CC(C)C)S(=O)(=O)Cc3ccccc3)C3Oc4cccc5c4[C@@]31CCN(CC1CC1)[C@@H]2C5. The van der Waals surface area contributed by atoms with Gasteiger partial charge in [-0.1, -0.05) is 56.3 Å². The van der Waals surface area contributed by atoms with E-state index >= 15 is 0 Å². The van der Waals surface area contributed by atoms with Crippen LogP contribution in [0, 0.1) is 11.8 Å². The first kappa shape index (κ1) is 27.4. The Hall–Kier alpha value is -2.42. The molecule has 2 saturated carbocycles. The Morgan fingerprint density at radius 3 is 2.59 bits per heavy atom. The molecule has 7 rings (SSSR count). The summed E-state index contributed by atoms with van der Waals surface area (Å²) in [4.78, 5) is 15.5. The summed E-state index contributed by atoms with van der Waals surface area (Å²) < 4.78 is 43.8. The zero-order valence-electron chi connectivity index (χ0n) is 24.4. The molecule has 7 nitrogen and oxygen atoms in total. The van der Waals surface area contributed by atoms with Crippen LogP contribution in [0.4, 0.5) is 0 Å². The minimum atomic E-state index is -3.66. The smallest absolute Gasteiger partial charge is 0.303 e. The standard InChI is InChI=1S/C33H42N2O5S/c1-22(2)19-35(41(37,38)21-25-8-5-4-6-9-25)27-14-15-33(40-23(3)36)29-18-26-10-7-11-28-30(26)32(33,31(27)39-28)16-17-34(29)20-24-12-13-24/h4-11,22,24,27,29,31H,12-21H2,1-3H3/t27?,29-,31?,32+,33-/m1/s1. The lowest BCUT2D eigenvalue weighted by atomic mass is 9.48. The number of esters is 1. The quantitative estimate of drug-likeness (QED) is 0.403. The van der Waals surface area contributed by atoms with E-state index in [2.05, 4.69) is 30.9 Å². The summed E-state index contributed by atoms with van der Waals surface area (Å²) >= 11 is 0.